The molecule has 0 saturated carbocycles. The van der Waals surface area contributed by atoms with Crippen LogP contribution in [0.4, 0.5) is 0 Å². The van der Waals surface area contributed by atoms with Gasteiger partial charge in [0, 0.05) is 5.02 Å². The Kier molecular flexibility index (Phi) is 11.5. The molecule has 3 aromatic rings. The third-order valence-electron chi connectivity index (χ3n) is 5.46. The van der Waals surface area contributed by atoms with Crippen molar-refractivity contribution in [1.82, 2.24) is 5.43 Å². The zero-order chi connectivity index (χ0) is 28.2. The molecule has 1 N–H and O–H groups in total. The first kappa shape index (κ1) is 29.8. The highest BCUT2D eigenvalue weighted by Crippen LogP contribution is 2.30. The molecule has 0 radical (unpaired) electrons. The van der Waals surface area contributed by atoms with Crippen molar-refractivity contribution in [3.8, 4) is 23.0 Å². The number of ether oxygens (including phenoxy) is 4. The minimum Gasteiger partial charge on any atom is -0.494 e. The van der Waals surface area contributed by atoms with Gasteiger partial charge >= 0.3 is 5.97 Å². The van der Waals surface area contributed by atoms with Crippen LogP contribution in [0.25, 0.3) is 0 Å². The molecular weight excluding hydrogens is 543 g/mol. The number of hydrogen-bond donors (Lipinski definition) is 1. The van der Waals surface area contributed by atoms with Gasteiger partial charge in [0.05, 0.1) is 30.5 Å². The fourth-order valence-corrected chi connectivity index (χ4v) is 3.77. The first-order chi connectivity index (χ1) is 18.8. The fourth-order valence-electron chi connectivity index (χ4n) is 3.32. The zero-order valence-electron chi connectivity index (χ0n) is 21.9. The fraction of sp³-hybridized carbons (Fsp3) is 0.276. The average molecular weight is 573 g/mol. The van der Waals surface area contributed by atoms with Crippen LogP contribution >= 0.6 is 23.2 Å². The van der Waals surface area contributed by atoms with E-state index < -0.39 is 18.0 Å². The van der Waals surface area contributed by atoms with Crippen molar-refractivity contribution in [1.29, 1.82) is 0 Å². The molecule has 0 aliphatic heterocycles. The number of halogens is 2. The smallest absolute Gasteiger partial charge is 0.343 e. The lowest BCUT2D eigenvalue weighted by Crippen LogP contribution is -2.35. The summed E-state index contributed by atoms with van der Waals surface area (Å²) in [4.78, 5) is 25.2. The molecule has 3 rings (SSSR count). The average Bonchev–Trinajstić information content (AvgIpc) is 2.93. The van der Waals surface area contributed by atoms with Gasteiger partial charge in [0.2, 0.25) is 0 Å². The number of amides is 1. The Hall–Kier alpha value is -3.75. The van der Waals surface area contributed by atoms with Crippen LogP contribution in [0.15, 0.2) is 65.8 Å². The van der Waals surface area contributed by atoms with Crippen molar-refractivity contribution in [3.63, 3.8) is 0 Å². The molecule has 8 nitrogen and oxygen atoms in total. The molecule has 1 amide bonds. The van der Waals surface area contributed by atoms with Crippen LogP contribution < -0.4 is 24.4 Å². The monoisotopic (exact) mass is 572 g/mol. The molecule has 0 aliphatic rings. The van der Waals surface area contributed by atoms with E-state index in [1.807, 2.05) is 0 Å². The minimum absolute atomic E-state index is 0.242. The van der Waals surface area contributed by atoms with Crippen molar-refractivity contribution in [2.24, 2.45) is 5.10 Å². The number of carbonyl (C=O) groups is 2. The Balaban J connectivity index is 1.59. The summed E-state index contributed by atoms with van der Waals surface area (Å²) in [6.07, 6.45) is 3.02. The second kappa shape index (κ2) is 15.0. The third kappa shape index (κ3) is 8.90. The van der Waals surface area contributed by atoms with E-state index in [0.717, 1.165) is 12.8 Å². The number of hydrogen-bond acceptors (Lipinski definition) is 7. The maximum Gasteiger partial charge on any atom is 0.343 e. The molecule has 1 atom stereocenters. The standard InChI is InChI=1S/C29H30Cl2N2O6/c1-4-6-15-37-22-11-8-20(9-12-22)29(35)39-26-13-7-19(16-27(26)36-3)18-32-33-28(34)24(5-2)38-25-14-10-21(30)17-23(25)31/h7-14,16-18,24H,4-6,15H2,1-3H3,(H,33,34)/b32-18+. The van der Waals surface area contributed by atoms with E-state index in [0.29, 0.717) is 51.4 Å². The number of esters is 1. The van der Waals surface area contributed by atoms with Crippen LogP contribution in [0.1, 0.15) is 49.0 Å². The van der Waals surface area contributed by atoms with Gasteiger partial charge in [-0.15, -0.1) is 0 Å². The molecule has 0 bridgehead atoms. The van der Waals surface area contributed by atoms with Gasteiger partial charge in [-0.2, -0.15) is 5.10 Å². The van der Waals surface area contributed by atoms with Gasteiger partial charge in [-0.05, 0) is 79.1 Å². The van der Waals surface area contributed by atoms with Crippen LogP contribution in [0.2, 0.25) is 10.0 Å². The lowest BCUT2D eigenvalue weighted by molar-refractivity contribution is -0.128. The second-order valence-electron chi connectivity index (χ2n) is 8.35. The summed E-state index contributed by atoms with van der Waals surface area (Å²) in [6.45, 7) is 4.52. The lowest BCUT2D eigenvalue weighted by Gasteiger charge is -2.16. The van der Waals surface area contributed by atoms with Crippen molar-refractivity contribution < 1.29 is 28.5 Å². The van der Waals surface area contributed by atoms with E-state index in [9.17, 15) is 9.59 Å². The summed E-state index contributed by atoms with van der Waals surface area (Å²) in [7, 11) is 1.46. The molecule has 0 aliphatic carbocycles. The first-order valence-electron chi connectivity index (χ1n) is 12.4. The molecule has 0 saturated heterocycles. The van der Waals surface area contributed by atoms with Crippen LogP contribution in [0.3, 0.4) is 0 Å². The summed E-state index contributed by atoms with van der Waals surface area (Å²) in [5.41, 5.74) is 3.44. The van der Waals surface area contributed by atoms with Gasteiger partial charge in [-0.3, -0.25) is 4.79 Å². The first-order valence-corrected chi connectivity index (χ1v) is 13.2. The van der Waals surface area contributed by atoms with Crippen molar-refractivity contribution in [3.05, 3.63) is 81.8 Å². The molecule has 0 heterocycles. The van der Waals surface area contributed by atoms with Crippen LogP contribution in [0, 0.1) is 0 Å². The van der Waals surface area contributed by atoms with Gasteiger partial charge < -0.3 is 18.9 Å². The topological polar surface area (TPSA) is 95.5 Å². The van der Waals surface area contributed by atoms with Crippen LogP contribution in [-0.4, -0.2) is 37.9 Å². The number of unbranched alkanes of at least 4 members (excludes halogenated alkanes) is 1. The summed E-state index contributed by atoms with van der Waals surface area (Å²) in [5.74, 6) is 0.626. The molecule has 0 fully saturated rings. The minimum atomic E-state index is -0.811. The molecule has 0 spiro atoms. The summed E-state index contributed by atoms with van der Waals surface area (Å²) < 4.78 is 22.2. The predicted molar refractivity (Wildman–Crippen MR) is 152 cm³/mol. The SMILES string of the molecule is CCCCOc1ccc(C(=O)Oc2ccc(/C=N/NC(=O)C(CC)Oc3ccc(Cl)cc3Cl)cc2OC)cc1. The van der Waals surface area contributed by atoms with E-state index in [1.165, 1.54) is 19.4 Å². The van der Waals surface area contributed by atoms with Gasteiger partial charge in [0.25, 0.3) is 5.91 Å². The number of hydrazone groups is 1. The predicted octanol–water partition coefficient (Wildman–Crippen LogP) is 6.71. The Labute approximate surface area is 237 Å². The highest BCUT2D eigenvalue weighted by molar-refractivity contribution is 6.35. The molecule has 0 aromatic heterocycles. The van der Waals surface area contributed by atoms with Gasteiger partial charge in [-0.25, -0.2) is 10.2 Å². The van der Waals surface area contributed by atoms with Crippen LogP contribution in [-0.2, 0) is 4.79 Å². The molecule has 10 heteroatoms. The van der Waals surface area contributed by atoms with Crippen LogP contribution in [0.5, 0.6) is 23.0 Å². The molecular formula is C29H30Cl2N2O6. The Morgan fingerprint density at radius 2 is 1.72 bits per heavy atom. The number of carbonyl (C=O) groups excluding carboxylic acids is 2. The summed E-state index contributed by atoms with van der Waals surface area (Å²) in [6, 6.07) is 16.4. The summed E-state index contributed by atoms with van der Waals surface area (Å²) in [5, 5.41) is 4.77. The third-order valence-corrected chi connectivity index (χ3v) is 5.99. The van der Waals surface area contributed by atoms with E-state index in [-0.39, 0.29) is 5.75 Å². The number of rotatable bonds is 13. The van der Waals surface area contributed by atoms with Crippen molar-refractivity contribution >= 4 is 41.3 Å². The van der Waals surface area contributed by atoms with Gasteiger partial charge in [0.15, 0.2) is 17.6 Å². The Morgan fingerprint density at radius 1 is 0.974 bits per heavy atom. The number of nitrogens with zero attached hydrogens (tertiary/aromatic N) is 1. The van der Waals surface area contributed by atoms with E-state index in [4.69, 9.17) is 42.1 Å². The Bertz CT molecular complexity index is 1300. The van der Waals surface area contributed by atoms with Gasteiger partial charge in [-0.1, -0.05) is 43.5 Å². The molecule has 3 aromatic carbocycles. The highest BCUT2D eigenvalue weighted by atomic mass is 35.5. The number of benzene rings is 3. The number of nitrogens with one attached hydrogen (secondary N) is 1. The largest absolute Gasteiger partial charge is 0.494 e. The number of methoxy groups -OCH3 is 1. The van der Waals surface area contributed by atoms with E-state index in [2.05, 4.69) is 17.5 Å². The zero-order valence-corrected chi connectivity index (χ0v) is 23.4. The molecule has 1 unspecified atom stereocenters. The Morgan fingerprint density at radius 3 is 2.38 bits per heavy atom. The van der Waals surface area contributed by atoms with E-state index in [1.54, 1.807) is 61.5 Å². The maximum absolute atomic E-state index is 12.6. The van der Waals surface area contributed by atoms with Gasteiger partial charge in [0.1, 0.15) is 11.5 Å². The summed E-state index contributed by atoms with van der Waals surface area (Å²) >= 11 is 12.0. The van der Waals surface area contributed by atoms with Crippen molar-refractivity contribution in [2.45, 2.75) is 39.2 Å². The highest BCUT2D eigenvalue weighted by Gasteiger charge is 2.19. The second-order valence-corrected chi connectivity index (χ2v) is 9.19. The van der Waals surface area contributed by atoms with E-state index >= 15 is 0 Å². The maximum atomic E-state index is 12.6. The quantitative estimate of drug-likeness (QED) is 0.0803. The molecule has 39 heavy (non-hydrogen) atoms. The lowest BCUT2D eigenvalue weighted by atomic mass is 10.2. The normalized spacial score (nSPS) is 11.6. The van der Waals surface area contributed by atoms with Crippen molar-refractivity contribution in [2.75, 3.05) is 13.7 Å². The molecule has 206 valence electrons.